The van der Waals surface area contributed by atoms with E-state index < -0.39 is 5.60 Å². The lowest BCUT2D eigenvalue weighted by Crippen LogP contribution is -2.24. The van der Waals surface area contributed by atoms with E-state index >= 15 is 0 Å². The van der Waals surface area contributed by atoms with Crippen molar-refractivity contribution in [2.24, 2.45) is 0 Å². The van der Waals surface area contributed by atoms with Gasteiger partial charge in [-0.05, 0) is 68.6 Å². The Hall–Kier alpha value is -3.56. The molecule has 176 valence electrons. The first kappa shape index (κ1) is 22.2. The molecule has 3 aromatic heterocycles. The lowest BCUT2D eigenvalue weighted by atomic mass is 10.0. The quantitative estimate of drug-likeness (QED) is 0.407. The number of hydrogen-bond donors (Lipinski definition) is 3. The lowest BCUT2D eigenvalue weighted by Gasteiger charge is -2.18. The van der Waals surface area contributed by atoms with Gasteiger partial charge in [0.15, 0.2) is 11.5 Å². The highest BCUT2D eigenvalue weighted by Crippen LogP contribution is 2.23. The molecule has 9 heteroatoms. The van der Waals surface area contributed by atoms with Crippen molar-refractivity contribution in [3.05, 3.63) is 69.8 Å². The van der Waals surface area contributed by atoms with Crippen molar-refractivity contribution in [1.82, 2.24) is 29.6 Å². The number of benzene rings is 1. The van der Waals surface area contributed by atoms with Gasteiger partial charge in [-0.3, -0.25) is 4.79 Å². The van der Waals surface area contributed by atoms with Crippen LogP contribution in [0, 0.1) is 0 Å². The third-order valence-corrected chi connectivity index (χ3v) is 6.04. The summed E-state index contributed by atoms with van der Waals surface area (Å²) in [5.41, 5.74) is 3.20. The normalized spacial score (nSPS) is 13.8. The number of fused-ring (bicyclic) bond motifs is 2. The van der Waals surface area contributed by atoms with Gasteiger partial charge < -0.3 is 15.7 Å². The van der Waals surface area contributed by atoms with Crippen LogP contribution >= 0.6 is 0 Å². The van der Waals surface area contributed by atoms with Crippen molar-refractivity contribution in [1.29, 1.82) is 0 Å². The van der Waals surface area contributed by atoms with Crippen LogP contribution in [-0.2, 0) is 25.1 Å². The maximum atomic E-state index is 13.2. The summed E-state index contributed by atoms with van der Waals surface area (Å²) in [7, 11) is 0. The minimum absolute atomic E-state index is 0.168. The average molecular weight is 460 g/mol. The smallest absolute Gasteiger partial charge is 0.278 e. The third kappa shape index (κ3) is 4.08. The summed E-state index contributed by atoms with van der Waals surface area (Å²) in [6, 6.07) is 11.7. The number of hydrogen-bond acceptors (Lipinski definition) is 7. The van der Waals surface area contributed by atoms with Gasteiger partial charge in [-0.2, -0.15) is 4.98 Å². The number of rotatable bonds is 6. The zero-order valence-electron chi connectivity index (χ0n) is 19.7. The summed E-state index contributed by atoms with van der Waals surface area (Å²) in [6.45, 7) is 7.72. The predicted octanol–water partition coefficient (Wildman–Crippen LogP) is 3.00. The standard InChI is InChI=1S/C25H29N7O2/c1-4-12-31-23(33)19-15-27-24(28-18-9-8-16-10-11-26-14-17(16)13-18)30-22(19)32(31)21-7-5-6-20(29-21)25(2,3)34/h5-9,13,15,26,34H,4,10-12,14H2,1-3H3,(H,27,28,30). The third-order valence-electron chi connectivity index (χ3n) is 6.04. The zero-order valence-corrected chi connectivity index (χ0v) is 19.7. The first-order chi connectivity index (χ1) is 16.3. The van der Waals surface area contributed by atoms with Gasteiger partial charge in [-0.1, -0.05) is 19.1 Å². The molecule has 0 saturated carbocycles. The van der Waals surface area contributed by atoms with Crippen molar-refractivity contribution in [2.75, 3.05) is 11.9 Å². The summed E-state index contributed by atoms with van der Waals surface area (Å²) in [6.07, 6.45) is 3.35. The van der Waals surface area contributed by atoms with Gasteiger partial charge in [-0.15, -0.1) is 0 Å². The van der Waals surface area contributed by atoms with E-state index in [1.54, 1.807) is 35.5 Å². The summed E-state index contributed by atoms with van der Waals surface area (Å²) in [5.74, 6) is 0.918. The van der Waals surface area contributed by atoms with Gasteiger partial charge in [0.2, 0.25) is 5.95 Å². The van der Waals surface area contributed by atoms with Gasteiger partial charge >= 0.3 is 0 Å². The maximum absolute atomic E-state index is 13.2. The van der Waals surface area contributed by atoms with Gasteiger partial charge in [0.25, 0.3) is 5.56 Å². The Kier molecular flexibility index (Phi) is 5.66. The molecule has 0 fully saturated rings. The molecule has 4 aromatic rings. The zero-order chi connectivity index (χ0) is 23.9. The van der Waals surface area contributed by atoms with Gasteiger partial charge in [0.1, 0.15) is 11.0 Å². The molecule has 0 spiro atoms. The predicted molar refractivity (Wildman–Crippen MR) is 132 cm³/mol. The Balaban J connectivity index is 1.61. The van der Waals surface area contributed by atoms with E-state index in [1.807, 2.05) is 25.1 Å². The van der Waals surface area contributed by atoms with Crippen molar-refractivity contribution in [3.63, 3.8) is 0 Å². The largest absolute Gasteiger partial charge is 0.384 e. The van der Waals surface area contributed by atoms with E-state index in [1.165, 1.54) is 11.1 Å². The van der Waals surface area contributed by atoms with Crippen molar-refractivity contribution < 1.29 is 5.11 Å². The molecule has 0 bridgehead atoms. The Morgan fingerprint density at radius 3 is 2.82 bits per heavy atom. The first-order valence-electron chi connectivity index (χ1n) is 11.6. The molecule has 34 heavy (non-hydrogen) atoms. The molecule has 0 aliphatic carbocycles. The van der Waals surface area contributed by atoms with Crippen LogP contribution in [-0.4, -0.2) is 36.0 Å². The SMILES string of the molecule is CCCn1c(=O)c2cnc(Nc3ccc4c(c3)CNCC4)nc2n1-c1cccc(C(C)(C)O)n1. The molecule has 9 nitrogen and oxygen atoms in total. The highest BCUT2D eigenvalue weighted by atomic mass is 16.3. The van der Waals surface area contributed by atoms with Crippen molar-refractivity contribution >= 4 is 22.7 Å². The van der Waals surface area contributed by atoms with Crippen LogP contribution in [0.4, 0.5) is 11.6 Å². The fraction of sp³-hybridized carbons (Fsp3) is 0.360. The molecule has 0 amide bonds. The van der Waals surface area contributed by atoms with E-state index in [0.29, 0.717) is 35.0 Å². The molecule has 1 aliphatic heterocycles. The minimum Gasteiger partial charge on any atom is -0.384 e. The molecular formula is C25H29N7O2. The number of pyridine rings is 1. The highest BCUT2D eigenvalue weighted by Gasteiger charge is 2.22. The average Bonchev–Trinajstić information content (AvgIpc) is 3.10. The molecule has 0 unspecified atom stereocenters. The van der Waals surface area contributed by atoms with E-state index in [0.717, 1.165) is 31.6 Å². The highest BCUT2D eigenvalue weighted by molar-refractivity contribution is 5.77. The number of anilines is 2. The molecule has 0 saturated heterocycles. The number of nitrogens with one attached hydrogen (secondary N) is 2. The lowest BCUT2D eigenvalue weighted by molar-refractivity contribution is 0.0738. The van der Waals surface area contributed by atoms with Crippen LogP contribution in [0.2, 0.25) is 0 Å². The van der Waals surface area contributed by atoms with Crippen LogP contribution in [0.15, 0.2) is 47.4 Å². The second-order valence-electron chi connectivity index (χ2n) is 9.15. The summed E-state index contributed by atoms with van der Waals surface area (Å²) in [5, 5.41) is 17.6. The summed E-state index contributed by atoms with van der Waals surface area (Å²) >= 11 is 0. The van der Waals surface area contributed by atoms with Crippen LogP contribution < -0.4 is 16.2 Å². The van der Waals surface area contributed by atoms with E-state index in [9.17, 15) is 9.90 Å². The Labute approximate surface area is 197 Å². The number of nitrogens with zero attached hydrogens (tertiary/aromatic N) is 5. The Morgan fingerprint density at radius 1 is 1.18 bits per heavy atom. The molecule has 4 heterocycles. The second-order valence-corrected chi connectivity index (χ2v) is 9.15. The molecule has 0 atom stereocenters. The number of aromatic nitrogens is 5. The molecule has 5 rings (SSSR count). The molecular weight excluding hydrogens is 430 g/mol. The maximum Gasteiger partial charge on any atom is 0.278 e. The fourth-order valence-electron chi connectivity index (χ4n) is 4.30. The van der Waals surface area contributed by atoms with Crippen molar-refractivity contribution in [2.45, 2.75) is 52.3 Å². The van der Waals surface area contributed by atoms with Crippen LogP contribution in [0.3, 0.4) is 0 Å². The van der Waals surface area contributed by atoms with Crippen molar-refractivity contribution in [3.8, 4) is 5.82 Å². The Morgan fingerprint density at radius 2 is 2.03 bits per heavy atom. The molecule has 1 aliphatic rings. The monoisotopic (exact) mass is 459 g/mol. The second kappa shape index (κ2) is 8.66. The van der Waals surface area contributed by atoms with Gasteiger partial charge in [0, 0.05) is 25.0 Å². The number of aliphatic hydroxyl groups is 1. The van der Waals surface area contributed by atoms with Crippen LogP contribution in [0.25, 0.3) is 16.9 Å². The fourth-order valence-corrected chi connectivity index (χ4v) is 4.30. The topological polar surface area (TPSA) is 110 Å². The molecule has 3 N–H and O–H groups in total. The van der Waals surface area contributed by atoms with E-state index in [-0.39, 0.29) is 5.56 Å². The van der Waals surface area contributed by atoms with E-state index in [2.05, 4.69) is 32.7 Å². The van der Waals surface area contributed by atoms with Crippen LogP contribution in [0.5, 0.6) is 0 Å². The van der Waals surface area contributed by atoms with Gasteiger partial charge in [0.05, 0.1) is 5.69 Å². The summed E-state index contributed by atoms with van der Waals surface area (Å²) in [4.78, 5) is 27.0. The molecule has 0 radical (unpaired) electrons. The van der Waals surface area contributed by atoms with Gasteiger partial charge in [-0.25, -0.2) is 19.3 Å². The van der Waals surface area contributed by atoms with E-state index in [4.69, 9.17) is 4.98 Å². The summed E-state index contributed by atoms with van der Waals surface area (Å²) < 4.78 is 3.35. The first-order valence-corrected chi connectivity index (χ1v) is 11.6. The Bertz CT molecular complexity index is 1420. The van der Waals surface area contributed by atoms with Crippen LogP contribution in [0.1, 0.15) is 44.0 Å². The minimum atomic E-state index is -1.11. The molecule has 1 aromatic carbocycles.